The summed E-state index contributed by atoms with van der Waals surface area (Å²) < 4.78 is 5.65. The molecule has 2 N–H and O–H groups in total. The molecule has 17 heavy (non-hydrogen) atoms. The predicted molar refractivity (Wildman–Crippen MR) is 70.1 cm³/mol. The maximum Gasteiger partial charge on any atom is 0.0546 e. The van der Waals surface area contributed by atoms with E-state index in [9.17, 15) is 0 Å². The molecule has 0 saturated carbocycles. The number of nitrogens with two attached hydrogens (primary N) is 1. The summed E-state index contributed by atoms with van der Waals surface area (Å²) in [6.07, 6.45) is 3.68. The number of hydrogen-bond acceptors (Lipinski definition) is 4. The molecule has 4 nitrogen and oxygen atoms in total. The Balaban J connectivity index is 1.88. The average Bonchev–Trinajstić information content (AvgIpc) is 2.56. The Morgan fingerprint density at radius 1 is 1.18 bits per heavy atom. The van der Waals surface area contributed by atoms with Crippen LogP contribution in [0.25, 0.3) is 0 Å². The Morgan fingerprint density at radius 2 is 2.06 bits per heavy atom. The van der Waals surface area contributed by atoms with Crippen LogP contribution in [0, 0.1) is 5.41 Å². The second-order valence-electron chi connectivity index (χ2n) is 5.79. The normalized spacial score (nSPS) is 33.5. The van der Waals surface area contributed by atoms with Crippen LogP contribution in [0.2, 0.25) is 0 Å². The summed E-state index contributed by atoms with van der Waals surface area (Å²) >= 11 is 0. The fraction of sp³-hybridized carbons (Fsp3) is 1.00. The van der Waals surface area contributed by atoms with E-state index in [0.717, 1.165) is 26.3 Å². The lowest BCUT2D eigenvalue weighted by Gasteiger charge is -2.39. The van der Waals surface area contributed by atoms with Crippen LogP contribution in [0.5, 0.6) is 0 Å². The second-order valence-corrected chi connectivity index (χ2v) is 5.79. The van der Waals surface area contributed by atoms with Gasteiger partial charge in [-0.05, 0) is 39.4 Å². The summed E-state index contributed by atoms with van der Waals surface area (Å²) in [5, 5.41) is 0. The molecule has 2 aliphatic heterocycles. The van der Waals surface area contributed by atoms with Gasteiger partial charge in [-0.2, -0.15) is 0 Å². The minimum absolute atomic E-state index is 0.223. The molecule has 2 aliphatic rings. The third-order valence-corrected chi connectivity index (χ3v) is 4.21. The first-order valence-electron chi connectivity index (χ1n) is 6.93. The number of hydrogen-bond donors (Lipinski definition) is 1. The highest BCUT2D eigenvalue weighted by Crippen LogP contribution is 2.28. The van der Waals surface area contributed by atoms with Crippen molar-refractivity contribution in [2.75, 3.05) is 59.5 Å². The number of rotatable bonds is 3. The van der Waals surface area contributed by atoms with E-state index in [1.165, 1.54) is 45.4 Å². The molecule has 0 spiro atoms. The van der Waals surface area contributed by atoms with E-state index in [-0.39, 0.29) is 5.41 Å². The molecule has 2 fully saturated rings. The van der Waals surface area contributed by atoms with E-state index in [1.807, 2.05) is 0 Å². The van der Waals surface area contributed by atoms with Crippen LogP contribution in [0.1, 0.15) is 19.3 Å². The van der Waals surface area contributed by atoms with Crippen molar-refractivity contribution in [1.29, 1.82) is 0 Å². The Bertz CT molecular complexity index is 229. The van der Waals surface area contributed by atoms with Gasteiger partial charge < -0.3 is 20.3 Å². The van der Waals surface area contributed by atoms with Crippen molar-refractivity contribution < 1.29 is 4.74 Å². The average molecular weight is 241 g/mol. The van der Waals surface area contributed by atoms with Gasteiger partial charge in [0.25, 0.3) is 0 Å². The molecular formula is C13H27N3O. The minimum Gasteiger partial charge on any atom is -0.381 e. The van der Waals surface area contributed by atoms with E-state index < -0.39 is 0 Å². The Hall–Kier alpha value is -0.160. The number of ether oxygens (including phenoxy) is 1. The molecule has 4 heteroatoms. The molecule has 1 atom stereocenters. The summed E-state index contributed by atoms with van der Waals surface area (Å²) in [7, 11) is 2.21. The smallest absolute Gasteiger partial charge is 0.0546 e. The van der Waals surface area contributed by atoms with Gasteiger partial charge in [-0.1, -0.05) is 0 Å². The molecule has 0 aromatic heterocycles. The van der Waals surface area contributed by atoms with Crippen LogP contribution >= 0.6 is 0 Å². The molecule has 0 aromatic rings. The molecule has 0 aliphatic carbocycles. The predicted octanol–water partition coefficient (Wildman–Crippen LogP) is 0.379. The van der Waals surface area contributed by atoms with E-state index in [1.54, 1.807) is 0 Å². The van der Waals surface area contributed by atoms with Crippen LogP contribution in [0.3, 0.4) is 0 Å². The summed E-state index contributed by atoms with van der Waals surface area (Å²) in [6, 6.07) is 0. The first kappa shape index (κ1) is 13.3. The molecule has 1 unspecified atom stereocenters. The van der Waals surface area contributed by atoms with Gasteiger partial charge in [0, 0.05) is 38.2 Å². The quantitative estimate of drug-likeness (QED) is 0.775. The monoisotopic (exact) mass is 241 g/mol. The topological polar surface area (TPSA) is 41.7 Å². The maximum absolute atomic E-state index is 6.00. The molecule has 0 radical (unpaired) electrons. The van der Waals surface area contributed by atoms with Crippen LogP contribution < -0.4 is 5.73 Å². The fourth-order valence-corrected chi connectivity index (χ4v) is 2.99. The van der Waals surface area contributed by atoms with E-state index in [2.05, 4.69) is 16.8 Å². The van der Waals surface area contributed by atoms with Crippen LogP contribution in [0.15, 0.2) is 0 Å². The van der Waals surface area contributed by atoms with Gasteiger partial charge in [0.05, 0.1) is 6.61 Å². The lowest BCUT2D eigenvalue weighted by atomic mass is 9.82. The SMILES string of the molecule is CN1CCCN(CC2(CN)CCCOC2)CC1. The summed E-state index contributed by atoms with van der Waals surface area (Å²) in [4.78, 5) is 5.01. The van der Waals surface area contributed by atoms with Gasteiger partial charge in [-0.25, -0.2) is 0 Å². The van der Waals surface area contributed by atoms with Crippen molar-refractivity contribution in [3.8, 4) is 0 Å². The van der Waals surface area contributed by atoms with Gasteiger partial charge in [-0.15, -0.1) is 0 Å². The fourth-order valence-electron chi connectivity index (χ4n) is 2.99. The molecule has 2 saturated heterocycles. The summed E-state index contributed by atoms with van der Waals surface area (Å²) in [5.74, 6) is 0. The largest absolute Gasteiger partial charge is 0.381 e. The number of nitrogens with zero attached hydrogens (tertiary/aromatic N) is 2. The zero-order valence-corrected chi connectivity index (χ0v) is 11.2. The second kappa shape index (κ2) is 6.14. The van der Waals surface area contributed by atoms with Crippen LogP contribution in [0.4, 0.5) is 0 Å². The van der Waals surface area contributed by atoms with E-state index in [0.29, 0.717) is 0 Å². The molecule has 0 amide bonds. The zero-order chi connectivity index (χ0) is 12.1. The van der Waals surface area contributed by atoms with Crippen molar-refractivity contribution in [1.82, 2.24) is 9.80 Å². The lowest BCUT2D eigenvalue weighted by molar-refractivity contribution is -0.0212. The molecule has 0 aromatic carbocycles. The molecular weight excluding hydrogens is 214 g/mol. The van der Waals surface area contributed by atoms with Crippen molar-refractivity contribution in [3.63, 3.8) is 0 Å². The van der Waals surface area contributed by atoms with Gasteiger partial charge in [0.2, 0.25) is 0 Å². The summed E-state index contributed by atoms with van der Waals surface area (Å²) in [5.41, 5.74) is 6.23. The molecule has 100 valence electrons. The third kappa shape index (κ3) is 3.65. The van der Waals surface area contributed by atoms with Gasteiger partial charge >= 0.3 is 0 Å². The number of likely N-dealkylation sites (N-methyl/N-ethyl adjacent to an activating group) is 1. The standard InChI is InChI=1S/C13H27N3O/c1-15-5-3-6-16(8-7-15)11-13(10-14)4-2-9-17-12-13/h2-12,14H2,1H3. The van der Waals surface area contributed by atoms with Gasteiger partial charge in [0.15, 0.2) is 0 Å². The first-order valence-corrected chi connectivity index (χ1v) is 6.93. The van der Waals surface area contributed by atoms with Crippen molar-refractivity contribution in [2.45, 2.75) is 19.3 Å². The minimum atomic E-state index is 0.223. The third-order valence-electron chi connectivity index (χ3n) is 4.21. The van der Waals surface area contributed by atoms with E-state index in [4.69, 9.17) is 10.5 Å². The van der Waals surface area contributed by atoms with Crippen molar-refractivity contribution >= 4 is 0 Å². The first-order chi connectivity index (χ1) is 8.24. The Morgan fingerprint density at radius 3 is 2.76 bits per heavy atom. The molecule has 0 bridgehead atoms. The van der Waals surface area contributed by atoms with E-state index >= 15 is 0 Å². The highest BCUT2D eigenvalue weighted by Gasteiger charge is 2.33. The van der Waals surface area contributed by atoms with Crippen molar-refractivity contribution in [3.05, 3.63) is 0 Å². The van der Waals surface area contributed by atoms with Gasteiger partial charge in [0.1, 0.15) is 0 Å². The van der Waals surface area contributed by atoms with Crippen LogP contribution in [-0.4, -0.2) is 69.3 Å². The van der Waals surface area contributed by atoms with Crippen LogP contribution in [-0.2, 0) is 4.74 Å². The zero-order valence-electron chi connectivity index (χ0n) is 11.2. The highest BCUT2D eigenvalue weighted by molar-refractivity contribution is 4.87. The lowest BCUT2D eigenvalue weighted by Crippen LogP contribution is -2.48. The van der Waals surface area contributed by atoms with Crippen molar-refractivity contribution in [2.24, 2.45) is 11.1 Å². The molecule has 2 rings (SSSR count). The maximum atomic E-state index is 6.00. The molecule has 2 heterocycles. The summed E-state index contributed by atoms with van der Waals surface area (Å²) in [6.45, 7) is 8.46. The highest BCUT2D eigenvalue weighted by atomic mass is 16.5. The Labute approximate surface area is 105 Å². The van der Waals surface area contributed by atoms with Gasteiger partial charge in [-0.3, -0.25) is 0 Å². The Kier molecular flexibility index (Phi) is 4.79.